The predicted molar refractivity (Wildman–Crippen MR) is 109 cm³/mol. The molecule has 1 unspecified atom stereocenters. The maximum Gasteiger partial charge on any atom is 0.251 e. The number of rotatable bonds is 6. The van der Waals surface area contributed by atoms with Crippen LogP contribution in [0.5, 0.6) is 0 Å². The van der Waals surface area contributed by atoms with Crippen molar-refractivity contribution in [3.63, 3.8) is 0 Å². The van der Waals surface area contributed by atoms with E-state index in [1.807, 2.05) is 12.1 Å². The van der Waals surface area contributed by atoms with Gasteiger partial charge in [0.15, 0.2) is 0 Å². The van der Waals surface area contributed by atoms with E-state index in [1.54, 1.807) is 24.3 Å². The summed E-state index contributed by atoms with van der Waals surface area (Å²) >= 11 is 9.22. The molecule has 0 radical (unpaired) electrons. The van der Waals surface area contributed by atoms with Gasteiger partial charge in [0.1, 0.15) is 0 Å². The molecule has 1 saturated carbocycles. The highest BCUT2D eigenvalue weighted by atomic mass is 79.9. The molecule has 144 valence electrons. The van der Waals surface area contributed by atoms with Crippen LogP contribution >= 0.6 is 27.5 Å². The lowest BCUT2D eigenvalue weighted by Crippen LogP contribution is -2.30. The molecule has 0 aliphatic heterocycles. The Bertz CT molecular complexity index is 957. The van der Waals surface area contributed by atoms with Crippen LogP contribution in [-0.2, 0) is 10.0 Å². The van der Waals surface area contributed by atoms with Crippen molar-refractivity contribution in [2.45, 2.75) is 23.8 Å². The molecule has 0 bridgehead atoms. The second kappa shape index (κ2) is 7.91. The number of amides is 1. The molecule has 0 saturated heterocycles. The first kappa shape index (κ1) is 20.3. The monoisotopic (exact) mass is 470 g/mol. The highest BCUT2D eigenvalue weighted by molar-refractivity contribution is 9.10. The fourth-order valence-electron chi connectivity index (χ4n) is 2.84. The van der Waals surface area contributed by atoms with Crippen molar-refractivity contribution in [1.29, 1.82) is 0 Å². The Balaban J connectivity index is 1.88. The minimum absolute atomic E-state index is 0.0645. The molecular weight excluding hydrogens is 452 g/mol. The zero-order valence-corrected chi connectivity index (χ0v) is 18.1. The Morgan fingerprint density at radius 2 is 1.81 bits per heavy atom. The Morgan fingerprint density at radius 1 is 1.19 bits per heavy atom. The molecular formula is C19H20BrClN2O3S. The van der Waals surface area contributed by atoms with Crippen LogP contribution in [0.25, 0.3) is 0 Å². The number of nitrogens with one attached hydrogen (secondary N) is 1. The van der Waals surface area contributed by atoms with Gasteiger partial charge in [-0.15, -0.1) is 0 Å². The normalized spacial score (nSPS) is 15.6. The van der Waals surface area contributed by atoms with Crippen molar-refractivity contribution < 1.29 is 13.2 Å². The highest BCUT2D eigenvalue weighted by Crippen LogP contribution is 2.41. The van der Waals surface area contributed by atoms with E-state index in [9.17, 15) is 13.2 Å². The maximum absolute atomic E-state index is 12.8. The van der Waals surface area contributed by atoms with Crippen LogP contribution in [0, 0.1) is 5.92 Å². The molecule has 2 aromatic rings. The van der Waals surface area contributed by atoms with E-state index >= 15 is 0 Å². The molecule has 0 heterocycles. The first-order chi connectivity index (χ1) is 12.7. The molecule has 1 aliphatic rings. The molecule has 1 N–H and O–H groups in total. The molecule has 2 aromatic carbocycles. The minimum Gasteiger partial charge on any atom is -0.345 e. The van der Waals surface area contributed by atoms with Gasteiger partial charge in [0.2, 0.25) is 10.0 Å². The van der Waals surface area contributed by atoms with Crippen molar-refractivity contribution >= 4 is 43.5 Å². The van der Waals surface area contributed by atoms with Gasteiger partial charge in [-0.25, -0.2) is 12.7 Å². The van der Waals surface area contributed by atoms with Crippen LogP contribution < -0.4 is 5.32 Å². The predicted octanol–water partition coefficient (Wildman–Crippen LogP) is 4.23. The largest absolute Gasteiger partial charge is 0.345 e. The summed E-state index contributed by atoms with van der Waals surface area (Å²) in [7, 11) is -0.748. The van der Waals surface area contributed by atoms with E-state index in [0.29, 0.717) is 21.0 Å². The van der Waals surface area contributed by atoms with Crippen molar-refractivity contribution in [2.24, 2.45) is 5.92 Å². The van der Waals surface area contributed by atoms with Gasteiger partial charge in [-0.1, -0.05) is 23.7 Å². The summed E-state index contributed by atoms with van der Waals surface area (Å²) in [4.78, 5) is 12.9. The van der Waals surface area contributed by atoms with Gasteiger partial charge in [-0.3, -0.25) is 4.79 Å². The average Bonchev–Trinajstić information content (AvgIpc) is 3.45. The molecule has 8 heteroatoms. The van der Waals surface area contributed by atoms with Gasteiger partial charge < -0.3 is 5.32 Å². The molecule has 1 aliphatic carbocycles. The molecule has 1 amide bonds. The van der Waals surface area contributed by atoms with Crippen molar-refractivity contribution in [3.05, 3.63) is 63.1 Å². The van der Waals surface area contributed by atoms with E-state index < -0.39 is 10.0 Å². The van der Waals surface area contributed by atoms with E-state index in [2.05, 4.69) is 21.2 Å². The summed E-state index contributed by atoms with van der Waals surface area (Å²) in [5.74, 6) is 0.0834. The number of carbonyl (C=O) groups excluding carboxylic acids is 1. The van der Waals surface area contributed by atoms with Crippen LogP contribution in [0.4, 0.5) is 0 Å². The Hall–Kier alpha value is -1.41. The summed E-state index contributed by atoms with van der Waals surface area (Å²) in [6, 6.07) is 11.9. The second-order valence-electron chi connectivity index (χ2n) is 6.77. The summed E-state index contributed by atoms with van der Waals surface area (Å²) in [5.41, 5.74) is 1.30. The third-order valence-corrected chi connectivity index (χ3v) is 7.62. The first-order valence-corrected chi connectivity index (χ1v) is 11.1. The van der Waals surface area contributed by atoms with Crippen molar-refractivity contribution in [2.75, 3.05) is 14.1 Å². The smallest absolute Gasteiger partial charge is 0.251 e. The van der Waals surface area contributed by atoms with E-state index in [1.165, 1.54) is 20.2 Å². The second-order valence-corrected chi connectivity index (χ2v) is 10.2. The van der Waals surface area contributed by atoms with Crippen LogP contribution in [0.15, 0.2) is 51.8 Å². The Labute approximate surface area is 172 Å². The summed E-state index contributed by atoms with van der Waals surface area (Å²) in [6.45, 7) is 0. The SMILES string of the molecule is CN(C)S(=O)(=O)c1cc(C(=O)NC(c2ccc(Cl)cc2)C2CC2)ccc1Br. The lowest BCUT2D eigenvalue weighted by molar-refractivity contribution is 0.0931. The molecule has 0 spiro atoms. The molecule has 1 atom stereocenters. The molecule has 5 nitrogen and oxygen atoms in total. The van der Waals surface area contributed by atoms with Gasteiger partial charge in [0, 0.05) is 29.2 Å². The Kier molecular flexibility index (Phi) is 5.96. The van der Waals surface area contributed by atoms with Gasteiger partial charge in [0.25, 0.3) is 5.91 Å². The van der Waals surface area contributed by atoms with E-state index in [4.69, 9.17) is 11.6 Å². The van der Waals surface area contributed by atoms with Crippen LogP contribution in [0.1, 0.15) is 34.8 Å². The quantitative estimate of drug-likeness (QED) is 0.685. The number of sulfonamides is 1. The van der Waals surface area contributed by atoms with Gasteiger partial charge in [-0.05, 0) is 70.6 Å². The fraction of sp³-hybridized carbons (Fsp3) is 0.316. The van der Waals surface area contributed by atoms with Gasteiger partial charge in [-0.2, -0.15) is 0 Å². The topological polar surface area (TPSA) is 66.5 Å². The lowest BCUT2D eigenvalue weighted by Gasteiger charge is -2.20. The van der Waals surface area contributed by atoms with Crippen LogP contribution in [0.3, 0.4) is 0 Å². The lowest BCUT2D eigenvalue weighted by atomic mass is 10.0. The summed E-state index contributed by atoms with van der Waals surface area (Å²) in [6.07, 6.45) is 2.10. The fourth-order valence-corrected chi connectivity index (χ4v) is 4.81. The number of benzene rings is 2. The number of hydrogen-bond donors (Lipinski definition) is 1. The van der Waals surface area contributed by atoms with Gasteiger partial charge in [0.05, 0.1) is 10.9 Å². The number of nitrogens with zero attached hydrogens (tertiary/aromatic N) is 1. The zero-order valence-electron chi connectivity index (χ0n) is 14.9. The zero-order chi connectivity index (χ0) is 19.8. The Morgan fingerprint density at radius 3 is 2.37 bits per heavy atom. The molecule has 0 aromatic heterocycles. The molecule has 27 heavy (non-hydrogen) atoms. The van der Waals surface area contributed by atoms with Crippen molar-refractivity contribution in [1.82, 2.24) is 9.62 Å². The van der Waals surface area contributed by atoms with Crippen LogP contribution in [0.2, 0.25) is 5.02 Å². The molecule has 3 rings (SSSR count). The first-order valence-electron chi connectivity index (χ1n) is 8.48. The number of carbonyl (C=O) groups is 1. The summed E-state index contributed by atoms with van der Waals surface area (Å²) in [5, 5.41) is 3.70. The van der Waals surface area contributed by atoms with Gasteiger partial charge >= 0.3 is 0 Å². The summed E-state index contributed by atoms with van der Waals surface area (Å²) < 4.78 is 26.5. The number of halogens is 2. The number of hydrogen-bond acceptors (Lipinski definition) is 3. The highest BCUT2D eigenvalue weighted by Gasteiger charge is 2.34. The van der Waals surface area contributed by atoms with E-state index in [0.717, 1.165) is 22.7 Å². The average molecular weight is 472 g/mol. The maximum atomic E-state index is 12.8. The van der Waals surface area contributed by atoms with Crippen molar-refractivity contribution in [3.8, 4) is 0 Å². The van der Waals surface area contributed by atoms with E-state index in [-0.39, 0.29) is 16.8 Å². The third kappa shape index (κ3) is 4.54. The van der Waals surface area contributed by atoms with Crippen LogP contribution in [-0.4, -0.2) is 32.7 Å². The standard InChI is InChI=1S/C19H20BrClN2O3S/c1-23(2)27(25,26)17-11-14(7-10-16(17)20)19(24)22-18(12-3-4-12)13-5-8-15(21)9-6-13/h5-12,18H,3-4H2,1-2H3,(H,22,24). The minimum atomic E-state index is -3.66. The molecule has 1 fully saturated rings. The third-order valence-electron chi connectivity index (χ3n) is 4.56.